The van der Waals surface area contributed by atoms with Gasteiger partial charge >= 0.3 is 6.03 Å². The summed E-state index contributed by atoms with van der Waals surface area (Å²) in [6.45, 7) is 2.03. The van der Waals surface area contributed by atoms with E-state index in [1.165, 1.54) is 5.56 Å². The Morgan fingerprint density at radius 2 is 2.04 bits per heavy atom. The van der Waals surface area contributed by atoms with E-state index in [-0.39, 0.29) is 18.0 Å². The van der Waals surface area contributed by atoms with Gasteiger partial charge in [0.25, 0.3) is 0 Å². The van der Waals surface area contributed by atoms with Crippen LogP contribution in [0.5, 0.6) is 5.75 Å². The van der Waals surface area contributed by atoms with Gasteiger partial charge in [-0.3, -0.25) is 0 Å². The minimum absolute atomic E-state index is 0.0389. The molecule has 0 aromatic heterocycles. The maximum atomic E-state index is 12.2. The van der Waals surface area contributed by atoms with E-state index >= 15 is 0 Å². The zero-order valence-electron chi connectivity index (χ0n) is 13.9. The van der Waals surface area contributed by atoms with Crippen LogP contribution in [0.4, 0.5) is 4.79 Å². The Hall–Kier alpha value is -2.62. The molecule has 2 amide bonds. The van der Waals surface area contributed by atoms with Crippen molar-refractivity contribution in [2.45, 2.75) is 25.8 Å². The second-order valence-corrected chi connectivity index (χ2v) is 6.46. The number of amides is 2. The summed E-state index contributed by atoms with van der Waals surface area (Å²) in [5.41, 5.74) is 5.52. The van der Waals surface area contributed by atoms with Crippen molar-refractivity contribution in [2.75, 3.05) is 7.11 Å². The van der Waals surface area contributed by atoms with Gasteiger partial charge < -0.3 is 10.1 Å². The van der Waals surface area contributed by atoms with Gasteiger partial charge in [-0.25, -0.2) is 4.79 Å². The maximum absolute atomic E-state index is 12.2. The van der Waals surface area contributed by atoms with Crippen LogP contribution in [0.3, 0.4) is 0 Å². The molecule has 24 heavy (non-hydrogen) atoms. The van der Waals surface area contributed by atoms with Crippen LogP contribution in [0.25, 0.3) is 0 Å². The number of aryl methyl sites for hydroxylation is 2. The fourth-order valence-electron chi connectivity index (χ4n) is 3.89. The number of ether oxygens (including phenoxy) is 1. The number of aliphatic imine (C=N–C) groups is 1. The quantitative estimate of drug-likeness (QED) is 0.914. The number of carbonyl (C=O) groups is 1. The summed E-state index contributed by atoms with van der Waals surface area (Å²) in [6, 6.07) is 14.1. The van der Waals surface area contributed by atoms with Crippen molar-refractivity contribution < 1.29 is 9.53 Å². The van der Waals surface area contributed by atoms with Crippen molar-refractivity contribution in [1.82, 2.24) is 5.32 Å². The fraction of sp³-hybridized carbons (Fsp3) is 0.300. The van der Waals surface area contributed by atoms with Crippen molar-refractivity contribution in [3.05, 3.63) is 64.7 Å². The number of carbonyl (C=O) groups excluding carboxylic acids is 1. The van der Waals surface area contributed by atoms with E-state index < -0.39 is 0 Å². The molecule has 1 aliphatic heterocycles. The highest BCUT2D eigenvalue weighted by Crippen LogP contribution is 2.38. The molecule has 0 spiro atoms. The largest absolute Gasteiger partial charge is 0.496 e. The van der Waals surface area contributed by atoms with E-state index in [1.807, 2.05) is 31.2 Å². The van der Waals surface area contributed by atoms with E-state index in [1.54, 1.807) is 7.11 Å². The molecular weight excluding hydrogens is 300 g/mol. The van der Waals surface area contributed by atoms with E-state index in [9.17, 15) is 4.79 Å². The highest BCUT2D eigenvalue weighted by atomic mass is 16.5. The minimum Gasteiger partial charge on any atom is -0.496 e. The van der Waals surface area contributed by atoms with Crippen LogP contribution in [0.1, 0.15) is 34.7 Å². The lowest BCUT2D eigenvalue weighted by Gasteiger charge is -2.36. The van der Waals surface area contributed by atoms with Gasteiger partial charge in [0, 0.05) is 5.92 Å². The van der Waals surface area contributed by atoms with E-state index in [4.69, 9.17) is 4.74 Å². The van der Waals surface area contributed by atoms with Crippen molar-refractivity contribution in [3.8, 4) is 5.75 Å². The van der Waals surface area contributed by atoms with Gasteiger partial charge in [0.2, 0.25) is 0 Å². The van der Waals surface area contributed by atoms with Gasteiger partial charge in [-0.1, -0.05) is 36.4 Å². The first kappa shape index (κ1) is 14.9. The fourth-order valence-corrected chi connectivity index (χ4v) is 3.89. The summed E-state index contributed by atoms with van der Waals surface area (Å²) in [5.74, 6) is 1.08. The molecule has 0 bridgehead atoms. The Labute approximate surface area is 141 Å². The first-order valence-corrected chi connectivity index (χ1v) is 8.29. The Morgan fingerprint density at radius 3 is 2.83 bits per heavy atom. The predicted octanol–water partition coefficient (Wildman–Crippen LogP) is 3.82. The summed E-state index contributed by atoms with van der Waals surface area (Å²) < 4.78 is 5.35. The zero-order valence-corrected chi connectivity index (χ0v) is 13.9. The van der Waals surface area contributed by atoms with Crippen molar-refractivity contribution in [1.29, 1.82) is 0 Å². The number of methoxy groups -OCH3 is 1. The number of rotatable bonds is 2. The summed E-state index contributed by atoms with van der Waals surface area (Å²) in [6.07, 6.45) is 2.01. The molecule has 1 aliphatic carbocycles. The number of urea groups is 1. The lowest BCUT2D eigenvalue weighted by Crippen LogP contribution is -2.43. The third-order valence-electron chi connectivity index (χ3n) is 5.05. The molecule has 0 saturated carbocycles. The summed E-state index contributed by atoms with van der Waals surface area (Å²) in [4.78, 5) is 16.5. The Kier molecular flexibility index (Phi) is 3.60. The van der Waals surface area contributed by atoms with Crippen LogP contribution >= 0.6 is 0 Å². The average molecular weight is 320 g/mol. The molecule has 2 aliphatic rings. The molecule has 0 saturated heterocycles. The molecule has 4 heteroatoms. The van der Waals surface area contributed by atoms with Crippen LogP contribution < -0.4 is 10.1 Å². The summed E-state index contributed by atoms with van der Waals surface area (Å²) in [7, 11) is 1.67. The van der Waals surface area contributed by atoms with Crippen LogP contribution in [-0.4, -0.2) is 18.9 Å². The van der Waals surface area contributed by atoms with Gasteiger partial charge in [-0.15, -0.1) is 0 Å². The van der Waals surface area contributed by atoms with E-state index in [0.29, 0.717) is 0 Å². The first-order chi connectivity index (χ1) is 11.7. The molecule has 4 nitrogen and oxygen atoms in total. The monoisotopic (exact) mass is 320 g/mol. The molecule has 122 valence electrons. The number of hydrogen-bond donors (Lipinski definition) is 1. The third-order valence-corrected chi connectivity index (χ3v) is 5.05. The second kappa shape index (κ2) is 5.78. The Morgan fingerprint density at radius 1 is 1.21 bits per heavy atom. The average Bonchev–Trinajstić information content (AvgIpc) is 2.61. The molecule has 2 aromatic rings. The third kappa shape index (κ3) is 2.39. The molecule has 0 fully saturated rings. The molecule has 0 radical (unpaired) electrons. The minimum atomic E-state index is -0.253. The second-order valence-electron chi connectivity index (χ2n) is 6.46. The smallest absolute Gasteiger partial charge is 0.341 e. The van der Waals surface area contributed by atoms with Gasteiger partial charge in [-0.2, -0.15) is 4.99 Å². The van der Waals surface area contributed by atoms with Crippen molar-refractivity contribution in [2.24, 2.45) is 10.9 Å². The number of benzene rings is 2. The predicted molar refractivity (Wildman–Crippen MR) is 93.8 cm³/mol. The lowest BCUT2D eigenvalue weighted by molar-refractivity contribution is 0.239. The number of hydrogen-bond acceptors (Lipinski definition) is 2. The molecule has 2 unspecified atom stereocenters. The van der Waals surface area contributed by atoms with Crippen LogP contribution in [0.15, 0.2) is 47.5 Å². The van der Waals surface area contributed by atoms with Gasteiger partial charge in [-0.05, 0) is 48.1 Å². The summed E-state index contributed by atoms with van der Waals surface area (Å²) >= 11 is 0. The molecular formula is C20H20N2O2. The molecule has 1 N–H and O–H groups in total. The van der Waals surface area contributed by atoms with Gasteiger partial charge in [0.1, 0.15) is 5.75 Å². The highest BCUT2D eigenvalue weighted by Gasteiger charge is 2.37. The van der Waals surface area contributed by atoms with E-state index in [0.717, 1.165) is 41.0 Å². The Bertz CT molecular complexity index is 841. The number of nitrogens with zero attached hydrogens (tertiary/aromatic N) is 1. The van der Waals surface area contributed by atoms with Crippen LogP contribution in [0, 0.1) is 12.8 Å². The standard InChI is InChI=1S/C20H20N2O2/c1-12-11-14(8-10-17(12)24-2)18-16-9-7-13-5-3-4-6-15(13)19(16)22-20(23)21-18/h3-6,8,10-11,16,18H,7,9H2,1-2H3,(H,21,23). The lowest BCUT2D eigenvalue weighted by atomic mass is 9.75. The topological polar surface area (TPSA) is 50.7 Å². The molecule has 2 atom stereocenters. The normalized spacial score (nSPS) is 22.1. The molecule has 1 heterocycles. The van der Waals surface area contributed by atoms with Crippen LogP contribution in [0.2, 0.25) is 0 Å². The van der Waals surface area contributed by atoms with Crippen molar-refractivity contribution in [3.63, 3.8) is 0 Å². The van der Waals surface area contributed by atoms with Crippen molar-refractivity contribution >= 4 is 11.7 Å². The molecule has 2 aromatic carbocycles. The SMILES string of the molecule is COc1ccc(C2NC(=O)N=C3c4ccccc4CCC32)cc1C. The zero-order chi connectivity index (χ0) is 16.7. The number of fused-ring (bicyclic) bond motifs is 3. The highest BCUT2D eigenvalue weighted by molar-refractivity contribution is 6.11. The van der Waals surface area contributed by atoms with Gasteiger partial charge in [0.05, 0.1) is 18.9 Å². The maximum Gasteiger partial charge on any atom is 0.341 e. The first-order valence-electron chi connectivity index (χ1n) is 8.29. The summed E-state index contributed by atoms with van der Waals surface area (Å²) in [5, 5.41) is 3.06. The molecule has 4 rings (SSSR count). The Balaban J connectivity index is 1.76. The van der Waals surface area contributed by atoms with Gasteiger partial charge in [0.15, 0.2) is 0 Å². The number of nitrogens with one attached hydrogen (secondary N) is 1. The van der Waals surface area contributed by atoms with E-state index in [2.05, 4.69) is 28.5 Å². The van der Waals surface area contributed by atoms with Crippen LogP contribution in [-0.2, 0) is 6.42 Å².